The molecule has 0 atom stereocenters. The van der Waals surface area contributed by atoms with E-state index in [-0.39, 0.29) is 4.87 Å². The van der Waals surface area contributed by atoms with Crippen LogP contribution in [0.25, 0.3) is 10.5 Å². The molecule has 0 aliphatic heterocycles. The van der Waals surface area contributed by atoms with Gasteiger partial charge in [-0.15, -0.1) is 0 Å². The van der Waals surface area contributed by atoms with E-state index in [0.717, 1.165) is 17.0 Å². The molecule has 2 aromatic heterocycles. The van der Waals surface area contributed by atoms with Gasteiger partial charge in [0.05, 0.1) is 5.69 Å². The van der Waals surface area contributed by atoms with Crippen molar-refractivity contribution in [2.24, 2.45) is 0 Å². The fourth-order valence-electron chi connectivity index (χ4n) is 0.832. The molecule has 4 nitrogen and oxygen atoms in total. The van der Waals surface area contributed by atoms with Crippen molar-refractivity contribution >= 4 is 21.8 Å². The summed E-state index contributed by atoms with van der Waals surface area (Å²) < 4.78 is 0. The smallest absolute Gasteiger partial charge is 0.296 e. The zero-order valence-corrected chi connectivity index (χ0v) is 6.60. The number of thiazole rings is 1. The Morgan fingerprint density at radius 2 is 2.45 bits per heavy atom. The lowest BCUT2D eigenvalue weighted by molar-refractivity contribution is 1.16. The predicted octanol–water partition coefficient (Wildman–Crippen LogP) is 0.688. The quantitative estimate of drug-likeness (QED) is 0.628. The molecule has 2 heterocycles. The Hall–Kier alpha value is -1.23. The third-order valence-electron chi connectivity index (χ3n) is 1.27. The van der Waals surface area contributed by atoms with Crippen molar-refractivity contribution in [3.8, 4) is 0 Å². The monoisotopic (exact) mass is 167 g/mol. The molecule has 11 heavy (non-hydrogen) atoms. The highest BCUT2D eigenvalue weighted by Gasteiger charge is 1.99. The van der Waals surface area contributed by atoms with Crippen LogP contribution >= 0.6 is 11.3 Å². The van der Waals surface area contributed by atoms with Gasteiger partial charge in [0.1, 0.15) is 0 Å². The molecule has 0 radical (unpaired) electrons. The number of rotatable bonds is 0. The summed E-state index contributed by atoms with van der Waals surface area (Å²) in [6, 6.07) is 0. The van der Waals surface area contributed by atoms with E-state index >= 15 is 0 Å². The molecule has 0 unspecified atom stereocenters. The van der Waals surface area contributed by atoms with Gasteiger partial charge in [0.2, 0.25) is 0 Å². The summed E-state index contributed by atoms with van der Waals surface area (Å²) in [4.78, 5) is 22.0. The van der Waals surface area contributed by atoms with E-state index in [9.17, 15) is 4.79 Å². The Bertz CT molecular complexity index is 444. The number of hydrogen-bond donors (Lipinski definition) is 1. The third-order valence-corrected chi connectivity index (χ3v) is 2.05. The predicted molar refractivity (Wildman–Crippen MR) is 42.8 cm³/mol. The number of nitrogens with zero attached hydrogens (tertiary/aromatic N) is 2. The van der Waals surface area contributed by atoms with Crippen LogP contribution in [0, 0.1) is 6.92 Å². The Labute approximate surface area is 65.9 Å². The maximum atomic E-state index is 10.8. The molecule has 0 saturated carbocycles. The molecule has 1 N–H and O–H groups in total. The minimum Gasteiger partial charge on any atom is -0.296 e. The Morgan fingerprint density at radius 3 is 3.27 bits per heavy atom. The van der Waals surface area contributed by atoms with Gasteiger partial charge in [-0.05, 0) is 6.92 Å². The van der Waals surface area contributed by atoms with E-state index < -0.39 is 0 Å². The van der Waals surface area contributed by atoms with Gasteiger partial charge in [-0.25, -0.2) is 9.97 Å². The Kier molecular flexibility index (Phi) is 1.25. The van der Waals surface area contributed by atoms with Gasteiger partial charge < -0.3 is 0 Å². The number of hydrogen-bond acceptors (Lipinski definition) is 4. The van der Waals surface area contributed by atoms with E-state index in [1.807, 2.05) is 6.92 Å². The van der Waals surface area contributed by atoms with Crippen molar-refractivity contribution in [1.29, 1.82) is 0 Å². The number of nitrogens with one attached hydrogen (secondary N) is 1. The maximum absolute atomic E-state index is 10.8. The first-order valence-corrected chi connectivity index (χ1v) is 3.90. The van der Waals surface area contributed by atoms with Gasteiger partial charge >= 0.3 is 4.87 Å². The number of aromatic nitrogens is 3. The second-order valence-electron chi connectivity index (χ2n) is 2.18. The van der Waals surface area contributed by atoms with Crippen molar-refractivity contribution in [2.45, 2.75) is 6.92 Å². The van der Waals surface area contributed by atoms with Crippen LogP contribution in [-0.4, -0.2) is 15.0 Å². The molecule has 0 amide bonds. The van der Waals surface area contributed by atoms with Crippen LogP contribution < -0.4 is 4.87 Å². The molecule has 0 aromatic carbocycles. The third kappa shape index (κ3) is 1.03. The lowest BCUT2D eigenvalue weighted by Crippen LogP contribution is -1.91. The van der Waals surface area contributed by atoms with Gasteiger partial charge in [0, 0.05) is 6.20 Å². The average Bonchev–Trinajstić information content (AvgIpc) is 2.27. The molecule has 0 aliphatic rings. The van der Waals surface area contributed by atoms with E-state index in [1.54, 1.807) is 6.20 Å². The fourth-order valence-corrected chi connectivity index (χ4v) is 1.45. The normalized spacial score (nSPS) is 10.6. The molecule has 56 valence electrons. The van der Waals surface area contributed by atoms with Crippen molar-refractivity contribution in [2.75, 3.05) is 0 Å². The van der Waals surface area contributed by atoms with Crippen molar-refractivity contribution in [3.05, 3.63) is 21.6 Å². The number of aromatic amines is 1. The second kappa shape index (κ2) is 2.13. The summed E-state index contributed by atoms with van der Waals surface area (Å²) in [6.45, 7) is 1.84. The van der Waals surface area contributed by atoms with Crippen LogP contribution in [0.15, 0.2) is 11.0 Å². The van der Waals surface area contributed by atoms with Crippen LogP contribution in [0.3, 0.4) is 0 Å². The van der Waals surface area contributed by atoms with Crippen LogP contribution in [-0.2, 0) is 0 Å². The fraction of sp³-hybridized carbons (Fsp3) is 0.167. The zero-order valence-electron chi connectivity index (χ0n) is 5.79. The molecular formula is C6H5N3OS. The molecule has 0 fully saturated rings. The highest BCUT2D eigenvalue weighted by molar-refractivity contribution is 7.15. The molecule has 0 bridgehead atoms. The molecule has 2 aromatic rings. The summed E-state index contributed by atoms with van der Waals surface area (Å²) in [7, 11) is 0. The van der Waals surface area contributed by atoms with Crippen LogP contribution in [0.4, 0.5) is 0 Å². The first kappa shape index (κ1) is 6.48. The summed E-state index contributed by atoms with van der Waals surface area (Å²) in [6.07, 6.45) is 1.64. The number of H-pyrrole nitrogens is 1. The number of aryl methyl sites for hydroxylation is 1. The number of fused-ring (bicyclic) bond motifs is 1. The minimum absolute atomic E-state index is 0.106. The van der Waals surface area contributed by atoms with Crippen LogP contribution in [0.2, 0.25) is 0 Å². The summed E-state index contributed by atoms with van der Waals surface area (Å²) in [5.41, 5.74) is 1.39. The SMILES string of the molecule is Cc1cnc2sc(=O)[nH]c2n1. The second-order valence-corrected chi connectivity index (χ2v) is 3.14. The molecule has 0 spiro atoms. The molecule has 2 rings (SSSR count). The largest absolute Gasteiger partial charge is 0.308 e. The first-order valence-electron chi connectivity index (χ1n) is 3.08. The molecule has 5 heteroatoms. The Balaban J connectivity index is 2.92. The van der Waals surface area contributed by atoms with Gasteiger partial charge in [-0.3, -0.25) is 9.78 Å². The lowest BCUT2D eigenvalue weighted by atomic mass is 10.5. The summed E-state index contributed by atoms with van der Waals surface area (Å²) in [5, 5.41) is 0. The van der Waals surface area contributed by atoms with Crippen molar-refractivity contribution < 1.29 is 0 Å². The van der Waals surface area contributed by atoms with E-state index in [4.69, 9.17) is 0 Å². The lowest BCUT2D eigenvalue weighted by Gasteiger charge is -1.87. The summed E-state index contributed by atoms with van der Waals surface area (Å²) in [5.74, 6) is 0. The van der Waals surface area contributed by atoms with E-state index in [2.05, 4.69) is 15.0 Å². The van der Waals surface area contributed by atoms with Crippen LogP contribution in [0.1, 0.15) is 5.69 Å². The van der Waals surface area contributed by atoms with E-state index in [0.29, 0.717) is 10.5 Å². The standard InChI is InChI=1S/C6H5N3OS/c1-3-2-7-5-4(8-3)9-6(10)11-5/h2H,1H3,(H,8,9,10). The first-order chi connectivity index (χ1) is 5.25. The Morgan fingerprint density at radius 1 is 1.64 bits per heavy atom. The van der Waals surface area contributed by atoms with Gasteiger partial charge in [-0.1, -0.05) is 11.3 Å². The summed E-state index contributed by atoms with van der Waals surface area (Å²) >= 11 is 1.08. The van der Waals surface area contributed by atoms with Gasteiger partial charge in [0.25, 0.3) is 0 Å². The molecule has 0 aliphatic carbocycles. The maximum Gasteiger partial charge on any atom is 0.308 e. The van der Waals surface area contributed by atoms with Gasteiger partial charge in [0.15, 0.2) is 10.5 Å². The minimum atomic E-state index is -0.106. The van der Waals surface area contributed by atoms with Crippen molar-refractivity contribution in [3.63, 3.8) is 0 Å². The van der Waals surface area contributed by atoms with E-state index in [1.165, 1.54) is 0 Å². The topological polar surface area (TPSA) is 58.6 Å². The average molecular weight is 167 g/mol. The molecular weight excluding hydrogens is 162 g/mol. The highest BCUT2D eigenvalue weighted by Crippen LogP contribution is 2.07. The van der Waals surface area contributed by atoms with Gasteiger partial charge in [-0.2, -0.15) is 0 Å². The van der Waals surface area contributed by atoms with Crippen molar-refractivity contribution in [1.82, 2.24) is 15.0 Å². The zero-order chi connectivity index (χ0) is 7.84. The molecule has 0 saturated heterocycles. The highest BCUT2D eigenvalue weighted by atomic mass is 32.1. The van der Waals surface area contributed by atoms with Crippen LogP contribution in [0.5, 0.6) is 0 Å².